The summed E-state index contributed by atoms with van der Waals surface area (Å²) < 4.78 is 5.01. The lowest BCUT2D eigenvalue weighted by molar-refractivity contribution is -0.307. The van der Waals surface area contributed by atoms with Gasteiger partial charge in [-0.1, -0.05) is 13.8 Å². The first-order valence-electron chi connectivity index (χ1n) is 5.96. The van der Waals surface area contributed by atoms with E-state index in [-0.39, 0.29) is 18.7 Å². The quantitative estimate of drug-likeness (QED) is 0.837. The van der Waals surface area contributed by atoms with Gasteiger partial charge < -0.3 is 20.0 Å². The van der Waals surface area contributed by atoms with Crippen molar-refractivity contribution in [3.63, 3.8) is 0 Å². The number of carbonyl (C=O) groups is 2. The molecule has 1 amide bonds. The molecule has 0 saturated heterocycles. The maximum absolute atomic E-state index is 11.8. The molecule has 0 saturated carbocycles. The van der Waals surface area contributed by atoms with E-state index in [0.29, 0.717) is 11.4 Å². The van der Waals surface area contributed by atoms with Crippen LogP contribution in [0.5, 0.6) is 5.75 Å². The smallest absolute Gasteiger partial charge is 0.224 e. The van der Waals surface area contributed by atoms with Crippen LogP contribution in [0.3, 0.4) is 0 Å². The summed E-state index contributed by atoms with van der Waals surface area (Å²) in [5.74, 6) is -0.672. The summed E-state index contributed by atoms with van der Waals surface area (Å²) in [6.45, 7) is 3.44. The minimum atomic E-state index is -1.15. The van der Waals surface area contributed by atoms with Gasteiger partial charge in [0.2, 0.25) is 5.91 Å². The zero-order valence-electron chi connectivity index (χ0n) is 11.4. The Balaban J connectivity index is 2.56. The molecule has 0 heterocycles. The fourth-order valence-electron chi connectivity index (χ4n) is 1.77. The minimum absolute atomic E-state index is 0.118. The first-order chi connectivity index (χ1) is 8.82. The number of methoxy groups -OCH3 is 1. The third-order valence-corrected chi connectivity index (χ3v) is 2.64. The van der Waals surface area contributed by atoms with E-state index in [1.54, 1.807) is 45.2 Å². The zero-order chi connectivity index (χ0) is 14.5. The van der Waals surface area contributed by atoms with E-state index in [2.05, 4.69) is 5.32 Å². The molecule has 5 nitrogen and oxygen atoms in total. The number of hydrogen-bond acceptors (Lipinski definition) is 4. The number of ether oxygens (including phenoxy) is 1. The molecule has 0 aliphatic heterocycles. The molecule has 0 spiro atoms. The van der Waals surface area contributed by atoms with Crippen molar-refractivity contribution in [1.29, 1.82) is 0 Å². The summed E-state index contributed by atoms with van der Waals surface area (Å²) in [4.78, 5) is 22.4. The van der Waals surface area contributed by atoms with Gasteiger partial charge in [-0.3, -0.25) is 4.79 Å². The third-order valence-electron chi connectivity index (χ3n) is 2.64. The molecule has 1 aromatic rings. The molecule has 0 aliphatic rings. The number of carboxylic acid groups (broad SMARTS) is 1. The monoisotopic (exact) mass is 264 g/mol. The van der Waals surface area contributed by atoms with Crippen LogP contribution < -0.4 is 15.2 Å². The highest BCUT2D eigenvalue weighted by Crippen LogP contribution is 2.25. The number of carbonyl (C=O) groups excluding carboxylic acids is 2. The van der Waals surface area contributed by atoms with Gasteiger partial charge in [-0.25, -0.2) is 0 Å². The largest absolute Gasteiger partial charge is 0.550 e. The Hall–Kier alpha value is -2.04. The van der Waals surface area contributed by atoms with Crippen LogP contribution in [-0.4, -0.2) is 19.0 Å². The number of carboxylic acids is 1. The number of hydrogen-bond donors (Lipinski definition) is 1. The van der Waals surface area contributed by atoms with E-state index in [1.165, 1.54) is 0 Å². The fraction of sp³-hybridized carbons (Fsp3) is 0.429. The van der Waals surface area contributed by atoms with Gasteiger partial charge in [-0.2, -0.15) is 0 Å². The second-order valence-corrected chi connectivity index (χ2v) is 5.17. The van der Waals surface area contributed by atoms with E-state index in [1.807, 2.05) is 0 Å². The van der Waals surface area contributed by atoms with Gasteiger partial charge in [0.25, 0.3) is 0 Å². The zero-order valence-corrected chi connectivity index (χ0v) is 11.4. The van der Waals surface area contributed by atoms with Crippen LogP contribution >= 0.6 is 0 Å². The lowest BCUT2D eigenvalue weighted by Crippen LogP contribution is -2.31. The molecule has 0 atom stereocenters. The van der Waals surface area contributed by atoms with Crippen LogP contribution in [0.2, 0.25) is 0 Å². The summed E-state index contributed by atoms with van der Waals surface area (Å²) in [6.07, 6.45) is -0.0317. The van der Waals surface area contributed by atoms with Crippen molar-refractivity contribution in [3.8, 4) is 5.75 Å². The normalized spacial score (nSPS) is 10.9. The van der Waals surface area contributed by atoms with E-state index in [4.69, 9.17) is 4.74 Å². The van der Waals surface area contributed by atoms with E-state index in [0.717, 1.165) is 0 Å². The maximum atomic E-state index is 11.8. The van der Waals surface area contributed by atoms with Gasteiger partial charge >= 0.3 is 0 Å². The molecule has 5 heteroatoms. The molecule has 1 rings (SSSR count). The second kappa shape index (κ2) is 6.22. The lowest BCUT2D eigenvalue weighted by Gasteiger charge is -2.24. The van der Waals surface area contributed by atoms with Gasteiger partial charge in [0, 0.05) is 18.1 Å². The summed E-state index contributed by atoms with van der Waals surface area (Å²) in [7, 11) is 1.57. The van der Waals surface area contributed by atoms with Crippen LogP contribution in [0.4, 0.5) is 5.69 Å². The van der Waals surface area contributed by atoms with Crippen molar-refractivity contribution in [2.24, 2.45) is 5.41 Å². The van der Waals surface area contributed by atoms with Crippen LogP contribution in [0.15, 0.2) is 24.3 Å². The SMILES string of the molecule is COc1ccc(NC(=O)CC(C)(C)CC(=O)[O-])cc1. The van der Waals surface area contributed by atoms with Crippen LogP contribution in [0, 0.1) is 5.41 Å². The number of benzene rings is 1. The van der Waals surface area contributed by atoms with Gasteiger partial charge in [0.15, 0.2) is 0 Å². The first-order valence-corrected chi connectivity index (χ1v) is 5.96. The molecule has 0 aromatic heterocycles. The molecular weight excluding hydrogens is 246 g/mol. The number of amides is 1. The summed E-state index contributed by atoms with van der Waals surface area (Å²) in [5.41, 5.74) is 0.0186. The highest BCUT2D eigenvalue weighted by Gasteiger charge is 2.22. The summed E-state index contributed by atoms with van der Waals surface area (Å²) >= 11 is 0. The standard InChI is InChI=1S/C14H19NO4/c1-14(2,9-13(17)18)8-12(16)15-10-4-6-11(19-3)7-5-10/h4-7H,8-9H2,1-3H3,(H,15,16)(H,17,18)/p-1. The average Bonchev–Trinajstić information content (AvgIpc) is 2.27. The Morgan fingerprint density at radius 3 is 2.26 bits per heavy atom. The number of nitrogens with one attached hydrogen (secondary N) is 1. The Morgan fingerprint density at radius 1 is 1.21 bits per heavy atom. The number of anilines is 1. The second-order valence-electron chi connectivity index (χ2n) is 5.17. The molecule has 0 radical (unpaired) electrons. The van der Waals surface area contributed by atoms with E-state index >= 15 is 0 Å². The van der Waals surface area contributed by atoms with Crippen molar-refractivity contribution in [1.82, 2.24) is 0 Å². The molecule has 0 unspecified atom stereocenters. The van der Waals surface area contributed by atoms with E-state index in [9.17, 15) is 14.7 Å². The lowest BCUT2D eigenvalue weighted by atomic mass is 9.85. The molecule has 0 aliphatic carbocycles. The van der Waals surface area contributed by atoms with Crippen LogP contribution in [0.1, 0.15) is 26.7 Å². The van der Waals surface area contributed by atoms with Crippen molar-refractivity contribution in [2.75, 3.05) is 12.4 Å². The van der Waals surface area contributed by atoms with E-state index < -0.39 is 11.4 Å². The predicted octanol–water partition coefficient (Wildman–Crippen LogP) is 1.19. The predicted molar refractivity (Wildman–Crippen MR) is 69.6 cm³/mol. The molecule has 19 heavy (non-hydrogen) atoms. The minimum Gasteiger partial charge on any atom is -0.550 e. The van der Waals surface area contributed by atoms with Crippen LogP contribution in [0.25, 0.3) is 0 Å². The Kier molecular flexibility index (Phi) is 4.92. The topological polar surface area (TPSA) is 78.5 Å². The van der Waals surface area contributed by atoms with Gasteiger partial charge in [0.05, 0.1) is 7.11 Å². The van der Waals surface area contributed by atoms with Gasteiger partial charge in [-0.05, 0) is 36.1 Å². The highest BCUT2D eigenvalue weighted by atomic mass is 16.5. The summed E-state index contributed by atoms with van der Waals surface area (Å²) in [5, 5.41) is 13.3. The highest BCUT2D eigenvalue weighted by molar-refractivity contribution is 5.91. The molecule has 1 N–H and O–H groups in total. The van der Waals surface area contributed by atoms with Crippen molar-refractivity contribution in [2.45, 2.75) is 26.7 Å². The first kappa shape index (κ1) is 15.0. The molecule has 0 fully saturated rings. The van der Waals surface area contributed by atoms with Crippen molar-refractivity contribution < 1.29 is 19.4 Å². The number of aliphatic carboxylic acids is 1. The van der Waals surface area contributed by atoms with Gasteiger partial charge in [-0.15, -0.1) is 0 Å². The summed E-state index contributed by atoms with van der Waals surface area (Å²) in [6, 6.07) is 6.93. The van der Waals surface area contributed by atoms with Crippen LogP contribution in [-0.2, 0) is 9.59 Å². The Bertz CT molecular complexity index is 451. The number of rotatable bonds is 6. The Labute approximate surface area is 112 Å². The molecular formula is C14H18NO4-. The van der Waals surface area contributed by atoms with Crippen molar-refractivity contribution in [3.05, 3.63) is 24.3 Å². The average molecular weight is 264 g/mol. The van der Waals surface area contributed by atoms with Gasteiger partial charge in [0.1, 0.15) is 5.75 Å². The molecule has 104 valence electrons. The van der Waals surface area contributed by atoms with Crippen molar-refractivity contribution >= 4 is 17.6 Å². The Morgan fingerprint density at radius 2 is 1.79 bits per heavy atom. The molecule has 0 bridgehead atoms. The molecule has 1 aromatic carbocycles. The third kappa shape index (κ3) is 5.42. The fourth-order valence-corrected chi connectivity index (χ4v) is 1.77. The maximum Gasteiger partial charge on any atom is 0.224 e.